The first kappa shape index (κ1) is 23.4. The second-order valence-corrected chi connectivity index (χ2v) is 8.41. The molecule has 0 aliphatic rings. The highest BCUT2D eigenvalue weighted by Gasteiger charge is 2.30. The quantitative estimate of drug-likeness (QED) is 0.244. The van der Waals surface area contributed by atoms with E-state index in [1.807, 2.05) is 30.3 Å². The van der Waals surface area contributed by atoms with E-state index in [-0.39, 0.29) is 5.95 Å². The first-order chi connectivity index (χ1) is 17.2. The standard InChI is InChI=1S/C26H18ClF3N6/c27-19-4-2-1-3-17(19)23-12-20(31)18-11-16(9-10-21(18)34-23)33-24-13-22(35-25(32)36-24)14-5-7-15(8-6-14)26(28,29)30/h1-13H,(H2,31,34)(H3,32,33,35,36). The number of benzene rings is 3. The van der Waals surface area contributed by atoms with Gasteiger partial charge in [-0.25, -0.2) is 9.97 Å². The minimum absolute atomic E-state index is 0.0266. The number of halogens is 4. The van der Waals surface area contributed by atoms with Crippen LogP contribution < -0.4 is 16.8 Å². The van der Waals surface area contributed by atoms with Crippen molar-refractivity contribution in [2.75, 3.05) is 16.8 Å². The smallest absolute Gasteiger partial charge is 0.398 e. The molecule has 0 aliphatic carbocycles. The Hall–Kier alpha value is -4.37. The molecule has 0 spiro atoms. The van der Waals surface area contributed by atoms with E-state index in [0.29, 0.717) is 44.7 Å². The Morgan fingerprint density at radius 2 is 1.53 bits per heavy atom. The van der Waals surface area contributed by atoms with Crippen LogP contribution in [-0.4, -0.2) is 15.0 Å². The summed E-state index contributed by atoms with van der Waals surface area (Å²) in [5, 5.41) is 4.45. The fourth-order valence-electron chi connectivity index (χ4n) is 3.79. The number of aromatic nitrogens is 3. The summed E-state index contributed by atoms with van der Waals surface area (Å²) in [5.74, 6) is 0.345. The average molecular weight is 507 g/mol. The molecule has 10 heteroatoms. The highest BCUT2D eigenvalue weighted by molar-refractivity contribution is 6.33. The van der Waals surface area contributed by atoms with Crippen molar-refractivity contribution in [3.05, 3.63) is 89.4 Å². The van der Waals surface area contributed by atoms with Gasteiger partial charge in [0.15, 0.2) is 0 Å². The third-order valence-corrected chi connectivity index (χ3v) is 5.84. The molecular formula is C26H18ClF3N6. The van der Waals surface area contributed by atoms with Crippen LogP contribution in [0.4, 0.5) is 36.3 Å². The van der Waals surface area contributed by atoms with E-state index in [1.165, 1.54) is 12.1 Å². The highest BCUT2D eigenvalue weighted by atomic mass is 35.5. The van der Waals surface area contributed by atoms with Gasteiger partial charge >= 0.3 is 6.18 Å². The van der Waals surface area contributed by atoms with Crippen LogP contribution in [0.15, 0.2) is 78.9 Å². The number of anilines is 4. The zero-order valence-electron chi connectivity index (χ0n) is 18.5. The number of hydrogen-bond acceptors (Lipinski definition) is 6. The summed E-state index contributed by atoms with van der Waals surface area (Å²) in [6, 6.07) is 20.9. The van der Waals surface area contributed by atoms with Gasteiger partial charge in [-0.2, -0.15) is 18.2 Å². The zero-order valence-corrected chi connectivity index (χ0v) is 19.3. The molecule has 2 heterocycles. The molecule has 0 atom stereocenters. The van der Waals surface area contributed by atoms with E-state index in [1.54, 1.807) is 24.3 Å². The summed E-state index contributed by atoms with van der Waals surface area (Å²) < 4.78 is 38.6. The summed E-state index contributed by atoms with van der Waals surface area (Å²) in [4.78, 5) is 13.0. The van der Waals surface area contributed by atoms with Gasteiger partial charge < -0.3 is 16.8 Å². The van der Waals surface area contributed by atoms with Gasteiger partial charge in [0.05, 0.1) is 22.5 Å². The number of hydrogen-bond donors (Lipinski definition) is 3. The number of nitrogens with zero attached hydrogens (tertiary/aromatic N) is 3. The van der Waals surface area contributed by atoms with Gasteiger partial charge in [0, 0.05) is 39.0 Å². The summed E-state index contributed by atoms with van der Waals surface area (Å²) in [6.45, 7) is 0. The maximum Gasteiger partial charge on any atom is 0.416 e. The fourth-order valence-corrected chi connectivity index (χ4v) is 4.02. The third-order valence-electron chi connectivity index (χ3n) is 5.51. The Morgan fingerprint density at radius 1 is 0.778 bits per heavy atom. The number of fused-ring (bicyclic) bond motifs is 1. The lowest BCUT2D eigenvalue weighted by Gasteiger charge is -2.12. The van der Waals surface area contributed by atoms with Gasteiger partial charge in [-0.1, -0.05) is 41.9 Å². The summed E-state index contributed by atoms with van der Waals surface area (Å²) in [7, 11) is 0. The molecule has 5 N–H and O–H groups in total. The van der Waals surface area contributed by atoms with E-state index >= 15 is 0 Å². The van der Waals surface area contributed by atoms with Gasteiger partial charge in [0.1, 0.15) is 5.82 Å². The van der Waals surface area contributed by atoms with E-state index in [9.17, 15) is 13.2 Å². The Labute approximate surface area is 208 Å². The molecule has 3 aromatic carbocycles. The molecule has 5 rings (SSSR count). The van der Waals surface area contributed by atoms with Crippen LogP contribution in [0.25, 0.3) is 33.4 Å². The molecule has 36 heavy (non-hydrogen) atoms. The molecule has 2 aromatic heterocycles. The topological polar surface area (TPSA) is 103 Å². The SMILES string of the molecule is Nc1nc(Nc2ccc3nc(-c4ccccc4Cl)cc(N)c3c2)cc(-c2ccc(C(F)(F)F)cc2)n1. The minimum Gasteiger partial charge on any atom is -0.398 e. The molecule has 0 fully saturated rings. The molecule has 0 bridgehead atoms. The Bertz CT molecular complexity index is 1590. The number of nitrogen functional groups attached to an aromatic ring is 2. The van der Waals surface area contributed by atoms with Crippen LogP contribution in [-0.2, 0) is 6.18 Å². The second-order valence-electron chi connectivity index (χ2n) is 8.01. The summed E-state index contributed by atoms with van der Waals surface area (Å²) in [6.07, 6.45) is -4.42. The fraction of sp³-hybridized carbons (Fsp3) is 0.0385. The molecule has 0 saturated heterocycles. The Kier molecular flexibility index (Phi) is 5.85. The second kappa shape index (κ2) is 9.01. The highest BCUT2D eigenvalue weighted by Crippen LogP contribution is 2.33. The van der Waals surface area contributed by atoms with Gasteiger partial charge in [-0.15, -0.1) is 0 Å². The first-order valence-electron chi connectivity index (χ1n) is 10.7. The van der Waals surface area contributed by atoms with Gasteiger partial charge in [0.2, 0.25) is 5.95 Å². The monoisotopic (exact) mass is 506 g/mol. The predicted octanol–water partition coefficient (Wildman–Crippen LogP) is 6.94. The molecule has 0 aliphatic heterocycles. The van der Waals surface area contributed by atoms with Crippen LogP contribution in [0.1, 0.15) is 5.56 Å². The molecule has 0 amide bonds. The van der Waals surface area contributed by atoms with E-state index < -0.39 is 11.7 Å². The average Bonchev–Trinajstić information content (AvgIpc) is 2.84. The van der Waals surface area contributed by atoms with Crippen molar-refractivity contribution in [3.63, 3.8) is 0 Å². The number of pyridine rings is 1. The number of nitrogens with two attached hydrogens (primary N) is 2. The number of alkyl halides is 3. The minimum atomic E-state index is -4.42. The lowest BCUT2D eigenvalue weighted by Crippen LogP contribution is -2.04. The van der Waals surface area contributed by atoms with Crippen molar-refractivity contribution in [2.45, 2.75) is 6.18 Å². The normalized spacial score (nSPS) is 11.6. The Morgan fingerprint density at radius 3 is 2.25 bits per heavy atom. The first-order valence-corrected chi connectivity index (χ1v) is 11.1. The lowest BCUT2D eigenvalue weighted by atomic mass is 10.1. The van der Waals surface area contributed by atoms with Gasteiger partial charge in [0.25, 0.3) is 0 Å². The van der Waals surface area contributed by atoms with Crippen LogP contribution in [0, 0.1) is 0 Å². The van der Waals surface area contributed by atoms with Crippen LogP contribution in [0.5, 0.6) is 0 Å². The van der Waals surface area contributed by atoms with Crippen molar-refractivity contribution in [1.29, 1.82) is 0 Å². The molecule has 5 aromatic rings. The van der Waals surface area contributed by atoms with Crippen LogP contribution in [0.2, 0.25) is 5.02 Å². The van der Waals surface area contributed by atoms with Crippen molar-refractivity contribution in [1.82, 2.24) is 15.0 Å². The maximum absolute atomic E-state index is 12.9. The zero-order chi connectivity index (χ0) is 25.4. The van der Waals surface area contributed by atoms with Crippen molar-refractivity contribution < 1.29 is 13.2 Å². The van der Waals surface area contributed by atoms with Gasteiger partial charge in [-0.3, -0.25) is 0 Å². The molecule has 180 valence electrons. The van der Waals surface area contributed by atoms with Gasteiger partial charge in [-0.05, 0) is 42.5 Å². The molecule has 0 unspecified atom stereocenters. The summed E-state index contributed by atoms with van der Waals surface area (Å²) in [5.41, 5.74) is 15.6. The van der Waals surface area contributed by atoms with E-state index in [0.717, 1.165) is 23.1 Å². The maximum atomic E-state index is 12.9. The van der Waals surface area contributed by atoms with Crippen molar-refractivity contribution >= 4 is 45.6 Å². The molecular weight excluding hydrogens is 489 g/mol. The Balaban J connectivity index is 1.45. The lowest BCUT2D eigenvalue weighted by molar-refractivity contribution is -0.137. The predicted molar refractivity (Wildman–Crippen MR) is 137 cm³/mol. The summed E-state index contributed by atoms with van der Waals surface area (Å²) >= 11 is 6.31. The van der Waals surface area contributed by atoms with Crippen LogP contribution >= 0.6 is 11.6 Å². The van der Waals surface area contributed by atoms with Crippen molar-refractivity contribution in [2.24, 2.45) is 0 Å². The molecule has 6 nitrogen and oxygen atoms in total. The molecule has 0 radical (unpaired) electrons. The largest absolute Gasteiger partial charge is 0.416 e. The number of rotatable bonds is 4. The van der Waals surface area contributed by atoms with E-state index in [2.05, 4.69) is 20.3 Å². The van der Waals surface area contributed by atoms with Crippen molar-refractivity contribution in [3.8, 4) is 22.5 Å². The van der Waals surface area contributed by atoms with E-state index in [4.69, 9.17) is 23.1 Å². The van der Waals surface area contributed by atoms with Crippen LogP contribution in [0.3, 0.4) is 0 Å². The number of nitrogens with one attached hydrogen (secondary N) is 1. The third kappa shape index (κ3) is 4.73. The molecule has 0 saturated carbocycles.